The van der Waals surface area contributed by atoms with Crippen LogP contribution in [0.4, 0.5) is 0 Å². The number of rotatable bonds is 7. The molecule has 0 aromatic carbocycles. The highest BCUT2D eigenvalue weighted by Crippen LogP contribution is 2.03. The smallest absolute Gasteiger partial charge is 0.149 e. The number of ketones is 1. The summed E-state index contributed by atoms with van der Waals surface area (Å²) in [6.45, 7) is 5.67. The van der Waals surface area contributed by atoms with Gasteiger partial charge in [-0.1, -0.05) is 25.8 Å². The normalized spacial score (nSPS) is 12.5. The third kappa shape index (κ3) is 5.08. The van der Waals surface area contributed by atoms with E-state index in [1.54, 1.807) is 6.08 Å². The van der Waals surface area contributed by atoms with Crippen molar-refractivity contribution >= 4 is 5.78 Å². The largest absolute Gasteiger partial charge is 0.321 e. The maximum atomic E-state index is 11.2. The number of unbranched alkanes of at least 4 members (excludes halogenated alkanes) is 2. The Bertz CT molecular complexity index is 143. The average Bonchev–Trinajstić information content (AvgIpc) is 2.05. The van der Waals surface area contributed by atoms with Gasteiger partial charge >= 0.3 is 0 Å². The summed E-state index contributed by atoms with van der Waals surface area (Å²) in [6.07, 6.45) is 6.16. The molecule has 0 aromatic rings. The lowest BCUT2D eigenvalue weighted by atomic mass is 10.0. The molecule has 2 nitrogen and oxygen atoms in total. The summed E-state index contributed by atoms with van der Waals surface area (Å²) < 4.78 is 0. The molecule has 0 aromatic heterocycles. The predicted octanol–water partition coefficient (Wildman–Crippen LogP) is 2.04. The zero-order valence-electron chi connectivity index (χ0n) is 7.88. The Balaban J connectivity index is 3.49. The number of hydrogen-bond donors (Lipinski definition) is 1. The summed E-state index contributed by atoms with van der Waals surface area (Å²) in [7, 11) is 0. The van der Waals surface area contributed by atoms with Crippen LogP contribution in [-0.4, -0.2) is 11.8 Å². The fourth-order valence-corrected chi connectivity index (χ4v) is 1.05. The highest BCUT2D eigenvalue weighted by molar-refractivity contribution is 5.83. The van der Waals surface area contributed by atoms with Crippen molar-refractivity contribution in [3.8, 4) is 0 Å². The first-order chi connectivity index (χ1) is 5.72. The highest BCUT2D eigenvalue weighted by Gasteiger charge is 2.09. The highest BCUT2D eigenvalue weighted by atomic mass is 16.1. The molecule has 0 aliphatic heterocycles. The van der Waals surface area contributed by atoms with Gasteiger partial charge in [-0.3, -0.25) is 4.79 Å². The molecule has 2 N–H and O–H groups in total. The van der Waals surface area contributed by atoms with Crippen molar-refractivity contribution in [3.63, 3.8) is 0 Å². The Labute approximate surface area is 74.8 Å². The lowest BCUT2D eigenvalue weighted by Crippen LogP contribution is -2.29. The third-order valence-electron chi connectivity index (χ3n) is 1.86. The molecular formula is C10H19NO. The van der Waals surface area contributed by atoms with Crippen LogP contribution < -0.4 is 5.73 Å². The number of Topliss-reactive ketones (excluding diaryl/α,β-unsaturated/α-hetero) is 1. The van der Waals surface area contributed by atoms with Gasteiger partial charge in [-0.2, -0.15) is 0 Å². The van der Waals surface area contributed by atoms with Gasteiger partial charge in [-0.05, 0) is 12.8 Å². The summed E-state index contributed by atoms with van der Waals surface area (Å²) in [5.41, 5.74) is 5.59. The average molecular weight is 169 g/mol. The minimum absolute atomic E-state index is 0.170. The molecule has 2 heteroatoms. The Kier molecular flexibility index (Phi) is 6.67. The first-order valence-corrected chi connectivity index (χ1v) is 4.61. The molecule has 0 aliphatic rings. The van der Waals surface area contributed by atoms with E-state index in [4.69, 9.17) is 5.73 Å². The summed E-state index contributed by atoms with van der Waals surface area (Å²) in [5.74, 6) is 0.170. The SMILES string of the molecule is C=CCC(N)C(=O)CCCCC. The van der Waals surface area contributed by atoms with Crippen molar-refractivity contribution in [1.82, 2.24) is 0 Å². The molecule has 1 unspecified atom stereocenters. The molecule has 0 saturated heterocycles. The van der Waals surface area contributed by atoms with E-state index in [2.05, 4.69) is 13.5 Å². The summed E-state index contributed by atoms with van der Waals surface area (Å²) >= 11 is 0. The van der Waals surface area contributed by atoms with Gasteiger partial charge in [0.25, 0.3) is 0 Å². The van der Waals surface area contributed by atoms with E-state index in [-0.39, 0.29) is 11.8 Å². The topological polar surface area (TPSA) is 43.1 Å². The molecule has 0 heterocycles. The van der Waals surface area contributed by atoms with Crippen LogP contribution in [0, 0.1) is 0 Å². The van der Waals surface area contributed by atoms with Gasteiger partial charge in [0.2, 0.25) is 0 Å². The van der Waals surface area contributed by atoms with Crippen LogP contribution in [0.2, 0.25) is 0 Å². The van der Waals surface area contributed by atoms with Crippen molar-refractivity contribution in [1.29, 1.82) is 0 Å². The van der Waals surface area contributed by atoms with E-state index < -0.39 is 0 Å². The molecule has 0 amide bonds. The second kappa shape index (κ2) is 7.04. The number of carbonyl (C=O) groups excluding carboxylic acids is 1. The quantitative estimate of drug-likeness (QED) is 0.468. The van der Waals surface area contributed by atoms with E-state index in [0.717, 1.165) is 19.3 Å². The molecule has 0 bridgehead atoms. The van der Waals surface area contributed by atoms with E-state index >= 15 is 0 Å². The van der Waals surface area contributed by atoms with Crippen LogP contribution in [-0.2, 0) is 4.79 Å². The minimum atomic E-state index is -0.320. The fraction of sp³-hybridized carbons (Fsp3) is 0.700. The van der Waals surface area contributed by atoms with Crippen molar-refractivity contribution in [2.75, 3.05) is 0 Å². The maximum Gasteiger partial charge on any atom is 0.149 e. The van der Waals surface area contributed by atoms with Crippen molar-refractivity contribution < 1.29 is 4.79 Å². The molecule has 0 spiro atoms. The van der Waals surface area contributed by atoms with Crippen molar-refractivity contribution in [3.05, 3.63) is 12.7 Å². The minimum Gasteiger partial charge on any atom is -0.321 e. The van der Waals surface area contributed by atoms with E-state index in [1.807, 2.05) is 0 Å². The lowest BCUT2D eigenvalue weighted by molar-refractivity contribution is -0.120. The first-order valence-electron chi connectivity index (χ1n) is 4.61. The second-order valence-corrected chi connectivity index (χ2v) is 3.05. The number of nitrogens with two attached hydrogens (primary N) is 1. The van der Waals surface area contributed by atoms with Gasteiger partial charge in [0.15, 0.2) is 0 Å². The van der Waals surface area contributed by atoms with Crippen LogP contribution in [0.25, 0.3) is 0 Å². The van der Waals surface area contributed by atoms with Crippen molar-refractivity contribution in [2.45, 2.75) is 45.1 Å². The Morgan fingerprint density at radius 2 is 2.25 bits per heavy atom. The summed E-state index contributed by atoms with van der Waals surface area (Å²) in [6, 6.07) is -0.320. The van der Waals surface area contributed by atoms with E-state index in [1.165, 1.54) is 0 Å². The first kappa shape index (κ1) is 11.4. The lowest BCUT2D eigenvalue weighted by Gasteiger charge is -2.06. The van der Waals surface area contributed by atoms with Crippen LogP contribution in [0.3, 0.4) is 0 Å². The van der Waals surface area contributed by atoms with Crippen LogP contribution in [0.5, 0.6) is 0 Å². The Morgan fingerprint density at radius 1 is 1.58 bits per heavy atom. The van der Waals surface area contributed by atoms with Gasteiger partial charge in [-0.15, -0.1) is 6.58 Å². The zero-order valence-corrected chi connectivity index (χ0v) is 7.88. The Morgan fingerprint density at radius 3 is 2.75 bits per heavy atom. The van der Waals surface area contributed by atoms with Gasteiger partial charge in [0, 0.05) is 6.42 Å². The number of carbonyl (C=O) groups is 1. The number of hydrogen-bond acceptors (Lipinski definition) is 2. The van der Waals surface area contributed by atoms with E-state index in [0.29, 0.717) is 12.8 Å². The molecule has 0 saturated carbocycles. The summed E-state index contributed by atoms with van der Waals surface area (Å²) in [5, 5.41) is 0. The van der Waals surface area contributed by atoms with Crippen LogP contribution in [0.1, 0.15) is 39.0 Å². The fourth-order valence-electron chi connectivity index (χ4n) is 1.05. The van der Waals surface area contributed by atoms with Gasteiger partial charge < -0.3 is 5.73 Å². The standard InChI is InChI=1S/C10H19NO/c1-3-5-6-8-10(12)9(11)7-4-2/h4,9H,2-3,5-8,11H2,1H3. The van der Waals surface area contributed by atoms with Crippen LogP contribution >= 0.6 is 0 Å². The predicted molar refractivity (Wildman–Crippen MR) is 51.9 cm³/mol. The zero-order chi connectivity index (χ0) is 9.40. The molecule has 0 rings (SSSR count). The Hall–Kier alpha value is -0.630. The molecule has 0 radical (unpaired) electrons. The molecule has 70 valence electrons. The van der Waals surface area contributed by atoms with Gasteiger partial charge in [-0.25, -0.2) is 0 Å². The van der Waals surface area contributed by atoms with E-state index in [9.17, 15) is 4.79 Å². The van der Waals surface area contributed by atoms with Gasteiger partial charge in [0.05, 0.1) is 6.04 Å². The molecular weight excluding hydrogens is 150 g/mol. The monoisotopic (exact) mass is 169 g/mol. The molecule has 1 atom stereocenters. The van der Waals surface area contributed by atoms with Gasteiger partial charge in [0.1, 0.15) is 5.78 Å². The summed E-state index contributed by atoms with van der Waals surface area (Å²) in [4.78, 5) is 11.2. The second-order valence-electron chi connectivity index (χ2n) is 3.05. The van der Waals surface area contributed by atoms with Crippen molar-refractivity contribution in [2.24, 2.45) is 5.73 Å². The molecule has 0 aliphatic carbocycles. The molecule has 0 fully saturated rings. The maximum absolute atomic E-state index is 11.2. The van der Waals surface area contributed by atoms with Crippen LogP contribution in [0.15, 0.2) is 12.7 Å². The third-order valence-corrected chi connectivity index (χ3v) is 1.86. The molecule has 12 heavy (non-hydrogen) atoms.